The van der Waals surface area contributed by atoms with Crippen molar-refractivity contribution >= 4 is 5.69 Å². The van der Waals surface area contributed by atoms with Gasteiger partial charge in [0.1, 0.15) is 0 Å². The quantitative estimate of drug-likeness (QED) is 0.740. The molecule has 0 amide bonds. The van der Waals surface area contributed by atoms with Gasteiger partial charge in [0.05, 0.1) is 0 Å². The molecule has 1 aromatic rings. The number of benzene rings is 1. The van der Waals surface area contributed by atoms with Crippen LogP contribution in [-0.2, 0) is 6.42 Å². The first kappa shape index (κ1) is 11.1. The zero-order chi connectivity index (χ0) is 10.6. The zero-order valence-corrected chi connectivity index (χ0v) is 9.38. The summed E-state index contributed by atoms with van der Waals surface area (Å²) in [7, 11) is 4.20. The molecule has 0 saturated carbocycles. The summed E-state index contributed by atoms with van der Waals surface area (Å²) in [6.07, 6.45) is 2.31. The summed E-state index contributed by atoms with van der Waals surface area (Å²) >= 11 is 0. The van der Waals surface area contributed by atoms with Gasteiger partial charge in [0.2, 0.25) is 0 Å². The fraction of sp³-hybridized carbons (Fsp3) is 0.500. The highest BCUT2D eigenvalue weighted by Gasteiger charge is 1.97. The molecule has 0 aromatic heterocycles. The van der Waals surface area contributed by atoms with Crippen LogP contribution in [0.3, 0.4) is 0 Å². The summed E-state index contributed by atoms with van der Waals surface area (Å²) in [6.45, 7) is 3.22. The molecular formula is C12H20N2. The molecule has 0 fully saturated rings. The molecule has 0 spiro atoms. The van der Waals surface area contributed by atoms with Crippen LogP contribution in [0.15, 0.2) is 18.2 Å². The number of anilines is 1. The Labute approximate surface area is 86.7 Å². The van der Waals surface area contributed by atoms with Crippen molar-refractivity contribution in [3.05, 3.63) is 29.3 Å². The van der Waals surface area contributed by atoms with E-state index in [2.05, 4.69) is 38.1 Å². The van der Waals surface area contributed by atoms with Gasteiger partial charge >= 0.3 is 0 Å². The second-order valence-corrected chi connectivity index (χ2v) is 4.16. The molecule has 0 saturated heterocycles. The highest BCUT2D eigenvalue weighted by atomic mass is 15.0. The Morgan fingerprint density at radius 1 is 1.21 bits per heavy atom. The number of hydrogen-bond acceptors (Lipinski definition) is 2. The maximum atomic E-state index is 5.78. The Kier molecular flexibility index (Phi) is 3.96. The van der Waals surface area contributed by atoms with Crippen LogP contribution in [0.25, 0.3) is 0 Å². The van der Waals surface area contributed by atoms with Crippen LogP contribution in [0.1, 0.15) is 17.5 Å². The maximum absolute atomic E-state index is 5.78. The molecule has 0 heterocycles. The minimum Gasteiger partial charge on any atom is -0.399 e. The van der Waals surface area contributed by atoms with Gasteiger partial charge in [-0.3, -0.25) is 0 Å². The van der Waals surface area contributed by atoms with Gasteiger partial charge in [-0.25, -0.2) is 0 Å². The summed E-state index contributed by atoms with van der Waals surface area (Å²) in [4.78, 5) is 2.21. The number of aryl methyl sites for hydroxylation is 2. The smallest absolute Gasteiger partial charge is 0.0319 e. The van der Waals surface area contributed by atoms with E-state index in [0.29, 0.717) is 0 Å². The van der Waals surface area contributed by atoms with Gasteiger partial charge in [0, 0.05) is 5.69 Å². The molecule has 0 aliphatic heterocycles. The van der Waals surface area contributed by atoms with E-state index in [1.165, 1.54) is 17.5 Å². The molecule has 1 rings (SSSR count). The zero-order valence-electron chi connectivity index (χ0n) is 9.38. The van der Waals surface area contributed by atoms with Gasteiger partial charge in [-0.2, -0.15) is 0 Å². The highest BCUT2D eigenvalue weighted by molar-refractivity contribution is 5.44. The third-order valence-electron chi connectivity index (χ3n) is 2.23. The lowest BCUT2D eigenvalue weighted by atomic mass is 10.1. The van der Waals surface area contributed by atoms with Crippen molar-refractivity contribution in [2.45, 2.75) is 19.8 Å². The van der Waals surface area contributed by atoms with Crippen molar-refractivity contribution in [1.29, 1.82) is 0 Å². The molecule has 78 valence electrons. The SMILES string of the molecule is Cc1cc(N)cc(CCCN(C)C)c1. The number of nitrogens with two attached hydrogens (primary N) is 1. The van der Waals surface area contributed by atoms with Crippen molar-refractivity contribution in [1.82, 2.24) is 4.90 Å². The highest BCUT2D eigenvalue weighted by Crippen LogP contribution is 2.12. The molecular weight excluding hydrogens is 172 g/mol. The minimum absolute atomic E-state index is 0.879. The van der Waals surface area contributed by atoms with E-state index in [1.807, 2.05) is 6.07 Å². The molecule has 2 N–H and O–H groups in total. The Hall–Kier alpha value is -1.02. The van der Waals surface area contributed by atoms with E-state index in [4.69, 9.17) is 5.73 Å². The second kappa shape index (κ2) is 5.01. The summed E-state index contributed by atoms with van der Waals surface area (Å²) < 4.78 is 0. The van der Waals surface area contributed by atoms with Gasteiger partial charge in [-0.1, -0.05) is 6.07 Å². The van der Waals surface area contributed by atoms with Crippen molar-refractivity contribution < 1.29 is 0 Å². The molecule has 14 heavy (non-hydrogen) atoms. The Morgan fingerprint density at radius 2 is 1.93 bits per heavy atom. The number of nitrogens with zero attached hydrogens (tertiary/aromatic N) is 1. The second-order valence-electron chi connectivity index (χ2n) is 4.16. The number of nitrogen functional groups attached to an aromatic ring is 1. The molecule has 0 aliphatic rings. The molecule has 1 aromatic carbocycles. The molecule has 0 atom stereocenters. The lowest BCUT2D eigenvalue weighted by molar-refractivity contribution is 0.400. The fourth-order valence-electron chi connectivity index (χ4n) is 1.64. The monoisotopic (exact) mass is 192 g/mol. The van der Waals surface area contributed by atoms with Crippen molar-refractivity contribution in [2.75, 3.05) is 26.4 Å². The van der Waals surface area contributed by atoms with Crippen LogP contribution < -0.4 is 5.73 Å². The Bertz CT molecular complexity index is 272. The van der Waals surface area contributed by atoms with Gasteiger partial charge < -0.3 is 10.6 Å². The van der Waals surface area contributed by atoms with E-state index in [1.54, 1.807) is 0 Å². The third-order valence-corrected chi connectivity index (χ3v) is 2.23. The van der Waals surface area contributed by atoms with Crippen molar-refractivity contribution in [2.24, 2.45) is 0 Å². The predicted octanol–water partition coefficient (Wildman–Crippen LogP) is 2.07. The van der Waals surface area contributed by atoms with Crippen molar-refractivity contribution in [3.8, 4) is 0 Å². The molecule has 2 heteroatoms. The molecule has 0 aliphatic carbocycles. The summed E-state index contributed by atoms with van der Waals surface area (Å²) in [5.74, 6) is 0. The average molecular weight is 192 g/mol. The largest absolute Gasteiger partial charge is 0.399 e. The van der Waals surface area contributed by atoms with Crippen LogP contribution in [0.2, 0.25) is 0 Å². The standard InChI is InChI=1S/C12H20N2/c1-10-7-11(9-12(13)8-10)5-4-6-14(2)3/h7-9H,4-6,13H2,1-3H3. The first-order valence-electron chi connectivity index (χ1n) is 5.08. The van der Waals surface area contributed by atoms with E-state index >= 15 is 0 Å². The normalized spacial score (nSPS) is 10.9. The van der Waals surface area contributed by atoms with Crippen molar-refractivity contribution in [3.63, 3.8) is 0 Å². The maximum Gasteiger partial charge on any atom is 0.0319 e. The van der Waals surface area contributed by atoms with Gasteiger partial charge in [-0.15, -0.1) is 0 Å². The predicted molar refractivity (Wildman–Crippen MR) is 62.5 cm³/mol. The lowest BCUT2D eigenvalue weighted by Crippen LogP contribution is -2.13. The van der Waals surface area contributed by atoms with Gasteiger partial charge in [-0.05, 0) is 63.7 Å². The van der Waals surface area contributed by atoms with Crippen LogP contribution in [0.5, 0.6) is 0 Å². The molecule has 2 nitrogen and oxygen atoms in total. The molecule has 0 unspecified atom stereocenters. The average Bonchev–Trinajstić information content (AvgIpc) is 2.01. The van der Waals surface area contributed by atoms with Crippen LogP contribution >= 0.6 is 0 Å². The van der Waals surface area contributed by atoms with E-state index in [0.717, 1.165) is 18.7 Å². The molecule has 0 radical (unpaired) electrons. The third kappa shape index (κ3) is 3.79. The Balaban J connectivity index is 2.50. The van der Waals surface area contributed by atoms with Crippen LogP contribution in [0.4, 0.5) is 5.69 Å². The Morgan fingerprint density at radius 3 is 2.50 bits per heavy atom. The van der Waals surface area contributed by atoms with Gasteiger partial charge in [0.15, 0.2) is 0 Å². The number of hydrogen-bond donors (Lipinski definition) is 1. The van der Waals surface area contributed by atoms with Crippen LogP contribution in [0, 0.1) is 6.92 Å². The number of rotatable bonds is 4. The first-order valence-corrected chi connectivity index (χ1v) is 5.08. The van der Waals surface area contributed by atoms with Gasteiger partial charge in [0.25, 0.3) is 0 Å². The fourth-order valence-corrected chi connectivity index (χ4v) is 1.64. The first-order chi connectivity index (χ1) is 6.58. The van der Waals surface area contributed by atoms with Crippen LogP contribution in [-0.4, -0.2) is 25.5 Å². The van der Waals surface area contributed by atoms with E-state index < -0.39 is 0 Å². The topological polar surface area (TPSA) is 29.3 Å². The summed E-state index contributed by atoms with van der Waals surface area (Å²) in [6, 6.07) is 6.30. The summed E-state index contributed by atoms with van der Waals surface area (Å²) in [5.41, 5.74) is 9.27. The minimum atomic E-state index is 0.879. The lowest BCUT2D eigenvalue weighted by Gasteiger charge is -2.09. The van der Waals surface area contributed by atoms with E-state index in [9.17, 15) is 0 Å². The summed E-state index contributed by atoms with van der Waals surface area (Å²) in [5, 5.41) is 0. The molecule has 0 bridgehead atoms. The van der Waals surface area contributed by atoms with E-state index in [-0.39, 0.29) is 0 Å².